The van der Waals surface area contributed by atoms with Crippen molar-refractivity contribution in [3.05, 3.63) is 48.3 Å². The van der Waals surface area contributed by atoms with Crippen LogP contribution in [0.15, 0.2) is 42.6 Å². The quantitative estimate of drug-likeness (QED) is 0.797. The minimum atomic E-state index is -0.224. The summed E-state index contributed by atoms with van der Waals surface area (Å²) in [6, 6.07) is 11.1. The Morgan fingerprint density at radius 2 is 1.92 bits per heavy atom. The van der Waals surface area contributed by atoms with Gasteiger partial charge in [0, 0.05) is 36.7 Å². The van der Waals surface area contributed by atoms with Gasteiger partial charge in [0.25, 0.3) is 5.91 Å². The molecular weight excluding hydrogens is 302 g/mol. The Morgan fingerprint density at radius 1 is 1.17 bits per heavy atom. The smallest absolute Gasteiger partial charge is 0.274 e. The highest BCUT2D eigenvalue weighted by atomic mass is 16.5. The molecule has 2 aromatic rings. The van der Waals surface area contributed by atoms with E-state index in [2.05, 4.69) is 29.0 Å². The fourth-order valence-corrected chi connectivity index (χ4v) is 2.55. The fraction of sp³-hybridized carbons (Fsp3) is 0.368. The van der Waals surface area contributed by atoms with Crippen LogP contribution in [-0.4, -0.2) is 31.1 Å². The predicted molar refractivity (Wildman–Crippen MR) is 98.0 cm³/mol. The zero-order chi connectivity index (χ0) is 17.4. The van der Waals surface area contributed by atoms with E-state index in [1.54, 1.807) is 19.4 Å². The average molecular weight is 327 g/mol. The van der Waals surface area contributed by atoms with Gasteiger partial charge in [-0.25, -0.2) is 0 Å². The molecule has 0 bridgehead atoms. The Morgan fingerprint density at radius 3 is 2.58 bits per heavy atom. The van der Waals surface area contributed by atoms with E-state index in [0.29, 0.717) is 17.1 Å². The summed E-state index contributed by atoms with van der Waals surface area (Å²) in [5.41, 5.74) is 2.13. The molecule has 24 heavy (non-hydrogen) atoms. The second-order valence-electron chi connectivity index (χ2n) is 5.57. The molecule has 0 saturated heterocycles. The van der Waals surface area contributed by atoms with Crippen LogP contribution in [0.4, 0.5) is 11.4 Å². The van der Waals surface area contributed by atoms with E-state index in [9.17, 15) is 4.79 Å². The molecule has 0 spiro atoms. The van der Waals surface area contributed by atoms with Gasteiger partial charge in [-0.05, 0) is 37.1 Å². The first-order valence-corrected chi connectivity index (χ1v) is 8.34. The second kappa shape index (κ2) is 8.91. The van der Waals surface area contributed by atoms with Crippen molar-refractivity contribution < 1.29 is 9.53 Å². The van der Waals surface area contributed by atoms with E-state index in [1.807, 2.05) is 30.3 Å². The third kappa shape index (κ3) is 4.72. The highest BCUT2D eigenvalue weighted by molar-refractivity contribution is 6.03. The predicted octanol–water partition coefficient (Wildman–Crippen LogP) is 3.97. The van der Waals surface area contributed by atoms with Crippen molar-refractivity contribution in [3.63, 3.8) is 0 Å². The number of amides is 1. The summed E-state index contributed by atoms with van der Waals surface area (Å²) in [5, 5.41) is 2.86. The van der Waals surface area contributed by atoms with Crippen LogP contribution in [0, 0.1) is 0 Å². The number of nitrogens with one attached hydrogen (secondary N) is 1. The summed E-state index contributed by atoms with van der Waals surface area (Å²) in [5.74, 6) is 0.477. The molecule has 0 aliphatic heterocycles. The summed E-state index contributed by atoms with van der Waals surface area (Å²) in [7, 11) is 1.60. The molecule has 1 amide bonds. The molecule has 1 aromatic carbocycles. The first kappa shape index (κ1) is 17.8. The van der Waals surface area contributed by atoms with Crippen molar-refractivity contribution >= 4 is 17.3 Å². The van der Waals surface area contributed by atoms with Gasteiger partial charge >= 0.3 is 0 Å². The maximum absolute atomic E-state index is 12.5. The summed E-state index contributed by atoms with van der Waals surface area (Å²) in [4.78, 5) is 19.0. The SMILES string of the molecule is CCCN(CCC)c1ccnc(C(=O)Nc2cccc(OC)c2)c1. The minimum absolute atomic E-state index is 0.224. The van der Waals surface area contributed by atoms with E-state index in [4.69, 9.17) is 4.74 Å². The Balaban J connectivity index is 2.15. The van der Waals surface area contributed by atoms with Crippen molar-refractivity contribution in [1.82, 2.24) is 4.98 Å². The first-order chi connectivity index (χ1) is 11.7. The molecule has 0 fully saturated rings. The number of hydrogen-bond acceptors (Lipinski definition) is 4. The zero-order valence-electron chi connectivity index (χ0n) is 14.6. The van der Waals surface area contributed by atoms with E-state index < -0.39 is 0 Å². The van der Waals surface area contributed by atoms with Crippen LogP contribution in [0.5, 0.6) is 5.75 Å². The van der Waals surface area contributed by atoms with E-state index in [-0.39, 0.29) is 5.91 Å². The van der Waals surface area contributed by atoms with E-state index in [0.717, 1.165) is 31.6 Å². The molecule has 5 heteroatoms. The maximum atomic E-state index is 12.5. The molecule has 1 aromatic heterocycles. The number of ether oxygens (including phenoxy) is 1. The van der Waals surface area contributed by atoms with Gasteiger partial charge in [-0.15, -0.1) is 0 Å². The highest BCUT2D eigenvalue weighted by Crippen LogP contribution is 2.19. The average Bonchev–Trinajstić information content (AvgIpc) is 2.62. The van der Waals surface area contributed by atoms with Gasteiger partial charge < -0.3 is 15.0 Å². The lowest BCUT2D eigenvalue weighted by Crippen LogP contribution is -2.25. The largest absolute Gasteiger partial charge is 0.497 e. The number of carbonyl (C=O) groups is 1. The number of anilines is 2. The topological polar surface area (TPSA) is 54.5 Å². The number of nitrogens with zero attached hydrogens (tertiary/aromatic N) is 2. The van der Waals surface area contributed by atoms with Crippen LogP contribution in [-0.2, 0) is 0 Å². The molecule has 0 unspecified atom stereocenters. The van der Waals surface area contributed by atoms with Crippen molar-refractivity contribution in [1.29, 1.82) is 0 Å². The molecule has 0 atom stereocenters. The summed E-state index contributed by atoms with van der Waals surface area (Å²) in [6.07, 6.45) is 3.81. The molecule has 0 aliphatic carbocycles. The van der Waals surface area contributed by atoms with Crippen LogP contribution >= 0.6 is 0 Å². The highest BCUT2D eigenvalue weighted by Gasteiger charge is 2.12. The molecule has 0 aliphatic rings. The molecule has 128 valence electrons. The van der Waals surface area contributed by atoms with E-state index >= 15 is 0 Å². The first-order valence-electron chi connectivity index (χ1n) is 8.34. The van der Waals surface area contributed by atoms with Crippen molar-refractivity contribution in [2.75, 3.05) is 30.4 Å². The maximum Gasteiger partial charge on any atom is 0.274 e. The van der Waals surface area contributed by atoms with Gasteiger partial charge in [-0.2, -0.15) is 0 Å². The Bertz CT molecular complexity index is 667. The van der Waals surface area contributed by atoms with Gasteiger partial charge in [-0.1, -0.05) is 19.9 Å². The van der Waals surface area contributed by atoms with Crippen LogP contribution in [0.2, 0.25) is 0 Å². The van der Waals surface area contributed by atoms with Crippen LogP contribution < -0.4 is 15.0 Å². The molecule has 5 nitrogen and oxygen atoms in total. The summed E-state index contributed by atoms with van der Waals surface area (Å²) >= 11 is 0. The second-order valence-corrected chi connectivity index (χ2v) is 5.57. The lowest BCUT2D eigenvalue weighted by molar-refractivity contribution is 0.102. The van der Waals surface area contributed by atoms with Gasteiger partial charge in [0.2, 0.25) is 0 Å². The third-order valence-electron chi connectivity index (χ3n) is 3.66. The lowest BCUT2D eigenvalue weighted by Gasteiger charge is -2.23. The number of aromatic nitrogens is 1. The third-order valence-corrected chi connectivity index (χ3v) is 3.66. The number of benzene rings is 1. The van der Waals surface area contributed by atoms with E-state index in [1.165, 1.54) is 0 Å². The van der Waals surface area contributed by atoms with Gasteiger partial charge in [-0.3, -0.25) is 9.78 Å². The van der Waals surface area contributed by atoms with Crippen LogP contribution in [0.3, 0.4) is 0 Å². The summed E-state index contributed by atoms with van der Waals surface area (Å²) < 4.78 is 5.17. The number of methoxy groups -OCH3 is 1. The number of carbonyl (C=O) groups excluding carboxylic acids is 1. The summed E-state index contributed by atoms with van der Waals surface area (Å²) in [6.45, 7) is 6.24. The van der Waals surface area contributed by atoms with Crippen LogP contribution in [0.25, 0.3) is 0 Å². The van der Waals surface area contributed by atoms with Crippen molar-refractivity contribution in [3.8, 4) is 5.75 Å². The molecule has 1 heterocycles. The van der Waals surface area contributed by atoms with Gasteiger partial charge in [0.15, 0.2) is 0 Å². The standard InChI is InChI=1S/C19H25N3O2/c1-4-11-22(12-5-2)16-9-10-20-18(14-16)19(23)21-15-7-6-8-17(13-15)24-3/h6-10,13-14H,4-5,11-12H2,1-3H3,(H,21,23). The normalized spacial score (nSPS) is 10.3. The Kier molecular flexibility index (Phi) is 6.61. The number of pyridine rings is 1. The Labute approximate surface area is 143 Å². The Hall–Kier alpha value is -2.56. The monoisotopic (exact) mass is 327 g/mol. The number of hydrogen-bond donors (Lipinski definition) is 1. The molecule has 0 saturated carbocycles. The van der Waals surface area contributed by atoms with Crippen LogP contribution in [0.1, 0.15) is 37.2 Å². The van der Waals surface area contributed by atoms with Gasteiger partial charge in [0.05, 0.1) is 7.11 Å². The molecule has 1 N–H and O–H groups in total. The zero-order valence-corrected chi connectivity index (χ0v) is 14.6. The fourth-order valence-electron chi connectivity index (χ4n) is 2.55. The molecular formula is C19H25N3O2. The minimum Gasteiger partial charge on any atom is -0.497 e. The van der Waals surface area contributed by atoms with Gasteiger partial charge in [0.1, 0.15) is 11.4 Å². The number of rotatable bonds is 8. The lowest BCUT2D eigenvalue weighted by atomic mass is 10.2. The molecule has 0 radical (unpaired) electrons. The van der Waals surface area contributed by atoms with Crippen molar-refractivity contribution in [2.24, 2.45) is 0 Å². The molecule has 2 rings (SSSR count). The van der Waals surface area contributed by atoms with Crippen molar-refractivity contribution in [2.45, 2.75) is 26.7 Å².